The topological polar surface area (TPSA) is 40.9 Å². The number of aldehydes is 1. The van der Waals surface area contributed by atoms with Crippen LogP contribution in [-0.4, -0.2) is 11.5 Å². The average Bonchev–Trinajstić information content (AvgIpc) is 1.69. The second-order valence-corrected chi connectivity index (χ2v) is 1.59. The van der Waals surface area contributed by atoms with Crippen LogP contribution in [0.3, 0.4) is 0 Å². The SMILES string of the molecule is N=C(Cl)/C(C=O)=C/Cl. The van der Waals surface area contributed by atoms with Gasteiger partial charge in [0.1, 0.15) is 5.17 Å². The Kier molecular flexibility index (Phi) is 3.48. The van der Waals surface area contributed by atoms with Crippen molar-refractivity contribution in [1.82, 2.24) is 0 Å². The fourth-order valence-electron chi connectivity index (χ4n) is 0.125. The molecule has 0 bridgehead atoms. The normalized spacial score (nSPS) is 11.0. The van der Waals surface area contributed by atoms with Crippen molar-refractivity contribution in [2.75, 3.05) is 0 Å². The molecule has 1 N–H and O–H groups in total. The van der Waals surface area contributed by atoms with Gasteiger partial charge in [0.2, 0.25) is 0 Å². The van der Waals surface area contributed by atoms with Crippen molar-refractivity contribution in [3.05, 3.63) is 11.1 Å². The zero-order valence-corrected chi connectivity index (χ0v) is 5.33. The number of hydrogen-bond donors (Lipinski definition) is 1. The number of rotatable bonds is 2. The third-order valence-corrected chi connectivity index (χ3v) is 0.951. The zero-order valence-electron chi connectivity index (χ0n) is 3.82. The molecule has 0 fully saturated rings. The number of allylic oxidation sites excluding steroid dienone is 1. The van der Waals surface area contributed by atoms with Crippen molar-refractivity contribution in [1.29, 1.82) is 5.41 Å². The van der Waals surface area contributed by atoms with Crippen LogP contribution < -0.4 is 0 Å². The van der Waals surface area contributed by atoms with Crippen molar-refractivity contribution in [3.63, 3.8) is 0 Å². The molecule has 0 aliphatic heterocycles. The van der Waals surface area contributed by atoms with Crippen LogP contribution in [0, 0.1) is 5.41 Å². The number of nitrogens with one attached hydrogen (secondary N) is 1. The van der Waals surface area contributed by atoms with Gasteiger partial charge in [-0.3, -0.25) is 10.2 Å². The van der Waals surface area contributed by atoms with Crippen LogP contribution in [-0.2, 0) is 4.79 Å². The van der Waals surface area contributed by atoms with E-state index in [1.165, 1.54) is 0 Å². The Morgan fingerprint density at radius 1 is 1.62 bits per heavy atom. The highest BCUT2D eigenvalue weighted by Crippen LogP contribution is 1.97. The molecule has 0 radical (unpaired) electrons. The molecule has 0 unspecified atom stereocenters. The van der Waals surface area contributed by atoms with E-state index in [1.807, 2.05) is 0 Å². The van der Waals surface area contributed by atoms with E-state index in [2.05, 4.69) is 0 Å². The first-order valence-electron chi connectivity index (χ1n) is 1.72. The minimum atomic E-state index is -0.338. The van der Waals surface area contributed by atoms with E-state index in [4.69, 9.17) is 28.6 Å². The molecule has 0 saturated carbocycles. The molecule has 0 saturated heterocycles. The molecule has 0 aromatic rings. The van der Waals surface area contributed by atoms with Crippen molar-refractivity contribution in [3.8, 4) is 0 Å². The highest BCUT2D eigenvalue weighted by atomic mass is 35.5. The van der Waals surface area contributed by atoms with Crippen LogP contribution in [0.15, 0.2) is 11.1 Å². The van der Waals surface area contributed by atoms with E-state index in [-0.39, 0.29) is 10.7 Å². The lowest BCUT2D eigenvalue weighted by Gasteiger charge is -1.84. The van der Waals surface area contributed by atoms with Crippen molar-refractivity contribution in [2.24, 2.45) is 0 Å². The van der Waals surface area contributed by atoms with E-state index in [0.717, 1.165) is 5.54 Å². The van der Waals surface area contributed by atoms with Crippen LogP contribution in [0.5, 0.6) is 0 Å². The van der Waals surface area contributed by atoms with Crippen molar-refractivity contribution < 1.29 is 4.79 Å². The van der Waals surface area contributed by atoms with Gasteiger partial charge in [-0.2, -0.15) is 0 Å². The van der Waals surface area contributed by atoms with Gasteiger partial charge in [-0.05, 0) is 0 Å². The van der Waals surface area contributed by atoms with Gasteiger partial charge in [-0.1, -0.05) is 23.2 Å². The summed E-state index contributed by atoms with van der Waals surface area (Å²) >= 11 is 10.1. The molecule has 8 heavy (non-hydrogen) atoms. The molecule has 44 valence electrons. The summed E-state index contributed by atoms with van der Waals surface area (Å²) < 4.78 is 0. The molecule has 0 aromatic carbocycles. The molecule has 0 heterocycles. The van der Waals surface area contributed by atoms with Gasteiger partial charge < -0.3 is 0 Å². The molecule has 0 atom stereocenters. The predicted octanol–water partition coefficient (Wildman–Crippen LogP) is 1.52. The van der Waals surface area contributed by atoms with Gasteiger partial charge in [-0.25, -0.2) is 0 Å². The standard InChI is InChI=1S/C4H3Cl2NO/c5-1-3(2-8)4(6)7/h1-2,7H/b3-1+,7-4?. The quantitative estimate of drug-likeness (QED) is 0.363. The van der Waals surface area contributed by atoms with Gasteiger partial charge >= 0.3 is 0 Å². The number of carbonyl (C=O) groups is 1. The molecule has 2 nitrogen and oxygen atoms in total. The molecular formula is C4H3Cl2NO. The summed E-state index contributed by atoms with van der Waals surface area (Å²) in [7, 11) is 0. The Morgan fingerprint density at radius 2 is 2.12 bits per heavy atom. The zero-order chi connectivity index (χ0) is 6.57. The predicted molar refractivity (Wildman–Crippen MR) is 33.6 cm³/mol. The van der Waals surface area contributed by atoms with E-state index < -0.39 is 0 Å². The van der Waals surface area contributed by atoms with Crippen LogP contribution in [0.2, 0.25) is 0 Å². The largest absolute Gasteiger partial charge is 0.298 e. The summed E-state index contributed by atoms with van der Waals surface area (Å²) in [5.74, 6) is 0. The first-order chi connectivity index (χ1) is 3.72. The monoisotopic (exact) mass is 151 g/mol. The maximum absolute atomic E-state index is 9.80. The smallest absolute Gasteiger partial charge is 0.154 e. The maximum atomic E-state index is 9.80. The minimum Gasteiger partial charge on any atom is -0.298 e. The Bertz CT molecular complexity index is 141. The molecule has 4 heteroatoms. The maximum Gasteiger partial charge on any atom is 0.154 e. The van der Waals surface area contributed by atoms with E-state index in [1.54, 1.807) is 0 Å². The summed E-state index contributed by atoms with van der Waals surface area (Å²) in [6.07, 6.45) is 0.419. The summed E-state index contributed by atoms with van der Waals surface area (Å²) in [6, 6.07) is 0. The van der Waals surface area contributed by atoms with Gasteiger partial charge in [0.05, 0.1) is 5.57 Å². The third kappa shape index (κ3) is 2.09. The number of halogens is 2. The molecule has 0 amide bonds. The number of carbonyl (C=O) groups excluding carboxylic acids is 1. The molecule has 0 aliphatic rings. The van der Waals surface area contributed by atoms with Crippen LogP contribution >= 0.6 is 23.2 Å². The lowest BCUT2D eigenvalue weighted by Crippen LogP contribution is -1.90. The molecule has 0 spiro atoms. The highest BCUT2D eigenvalue weighted by molar-refractivity contribution is 6.71. The Hall–Kier alpha value is -0.340. The second kappa shape index (κ2) is 3.64. The van der Waals surface area contributed by atoms with E-state index >= 15 is 0 Å². The fourth-order valence-corrected chi connectivity index (χ4v) is 0.441. The number of hydrogen-bond acceptors (Lipinski definition) is 2. The highest BCUT2D eigenvalue weighted by Gasteiger charge is 1.95. The Labute approximate surface area is 56.6 Å². The van der Waals surface area contributed by atoms with Gasteiger partial charge in [0, 0.05) is 5.54 Å². The summed E-state index contributed by atoms with van der Waals surface area (Å²) in [5, 5.41) is 6.30. The fraction of sp³-hybridized carbons (Fsp3) is 0. The summed E-state index contributed by atoms with van der Waals surface area (Å²) in [6.45, 7) is 0. The first-order valence-corrected chi connectivity index (χ1v) is 2.53. The minimum absolute atomic E-state index is 0.00617. The van der Waals surface area contributed by atoms with Crippen LogP contribution in [0.4, 0.5) is 0 Å². The van der Waals surface area contributed by atoms with Crippen molar-refractivity contribution in [2.45, 2.75) is 0 Å². The molecule has 0 rings (SSSR count). The Morgan fingerprint density at radius 3 is 2.12 bits per heavy atom. The lowest BCUT2D eigenvalue weighted by atomic mass is 10.4. The molecular weight excluding hydrogens is 149 g/mol. The summed E-state index contributed by atoms with van der Waals surface area (Å²) in [5.41, 5.74) is 0.954. The van der Waals surface area contributed by atoms with Gasteiger partial charge in [-0.15, -0.1) is 0 Å². The van der Waals surface area contributed by atoms with Crippen LogP contribution in [0.1, 0.15) is 0 Å². The first kappa shape index (κ1) is 7.66. The Balaban J connectivity index is 4.13. The van der Waals surface area contributed by atoms with E-state index in [0.29, 0.717) is 6.29 Å². The van der Waals surface area contributed by atoms with E-state index in [9.17, 15) is 4.79 Å². The van der Waals surface area contributed by atoms with Gasteiger partial charge in [0.25, 0.3) is 0 Å². The lowest BCUT2D eigenvalue weighted by molar-refractivity contribution is -0.104. The summed E-state index contributed by atoms with van der Waals surface area (Å²) in [4.78, 5) is 9.80. The molecule has 0 aromatic heterocycles. The van der Waals surface area contributed by atoms with Crippen LogP contribution in [0.25, 0.3) is 0 Å². The van der Waals surface area contributed by atoms with Gasteiger partial charge in [0.15, 0.2) is 6.29 Å². The average molecular weight is 152 g/mol. The molecule has 0 aliphatic carbocycles. The second-order valence-electron chi connectivity index (χ2n) is 0.996. The third-order valence-electron chi connectivity index (χ3n) is 0.498. The van der Waals surface area contributed by atoms with Crippen molar-refractivity contribution >= 4 is 34.7 Å².